The highest BCUT2D eigenvalue weighted by molar-refractivity contribution is 7.89. The zero-order valence-electron chi connectivity index (χ0n) is 17.2. The van der Waals surface area contributed by atoms with Crippen molar-refractivity contribution in [2.45, 2.75) is 30.7 Å². The molecule has 1 atom stereocenters. The molecule has 2 aromatic rings. The van der Waals surface area contributed by atoms with Crippen LogP contribution in [0.2, 0.25) is 0 Å². The fourth-order valence-corrected chi connectivity index (χ4v) is 5.00. The van der Waals surface area contributed by atoms with Gasteiger partial charge in [-0.1, -0.05) is 6.92 Å². The molecule has 8 heteroatoms. The van der Waals surface area contributed by atoms with Crippen LogP contribution in [-0.4, -0.2) is 52.4 Å². The van der Waals surface area contributed by atoms with Gasteiger partial charge < -0.3 is 14.6 Å². The Labute approximate surface area is 172 Å². The molecule has 0 unspecified atom stereocenters. The molecule has 0 aliphatic carbocycles. The van der Waals surface area contributed by atoms with Crippen LogP contribution in [0.25, 0.3) is 0 Å². The van der Waals surface area contributed by atoms with E-state index in [0.29, 0.717) is 31.1 Å². The molecule has 0 radical (unpaired) electrons. The molecule has 7 nitrogen and oxygen atoms in total. The average Bonchev–Trinajstić information content (AvgIpc) is 3.22. The number of carbonyl (C=O) groups excluding carboxylic acids is 1. The van der Waals surface area contributed by atoms with E-state index in [0.717, 1.165) is 23.5 Å². The smallest absolute Gasteiger partial charge is 0.251 e. The molecule has 1 aromatic carbocycles. The van der Waals surface area contributed by atoms with Crippen molar-refractivity contribution in [2.24, 2.45) is 5.92 Å². The van der Waals surface area contributed by atoms with Gasteiger partial charge in [-0.3, -0.25) is 4.79 Å². The molecule has 3 rings (SSSR count). The lowest BCUT2D eigenvalue weighted by molar-refractivity contribution is -0.891. The SMILES string of the molecule is CC1CCN(S(=O)(=O)c2ccc(C(=O)NC[C@@H](c3ccco3)[NH+](C)C)cc2)CC1. The van der Waals surface area contributed by atoms with Crippen molar-refractivity contribution in [3.8, 4) is 0 Å². The van der Waals surface area contributed by atoms with Gasteiger partial charge in [-0.05, 0) is 55.2 Å². The molecule has 1 fully saturated rings. The molecule has 1 aliphatic rings. The Kier molecular flexibility index (Phi) is 6.77. The summed E-state index contributed by atoms with van der Waals surface area (Å²) >= 11 is 0. The summed E-state index contributed by atoms with van der Waals surface area (Å²) in [7, 11) is 0.492. The van der Waals surface area contributed by atoms with Gasteiger partial charge in [0.05, 0.1) is 31.8 Å². The number of rotatable bonds is 7. The van der Waals surface area contributed by atoms with Gasteiger partial charge in [-0.15, -0.1) is 0 Å². The minimum atomic E-state index is -3.51. The van der Waals surface area contributed by atoms with Crippen molar-refractivity contribution in [2.75, 3.05) is 33.7 Å². The van der Waals surface area contributed by atoms with E-state index in [1.807, 2.05) is 26.2 Å². The van der Waals surface area contributed by atoms with Crippen LogP contribution in [0.5, 0.6) is 0 Å². The van der Waals surface area contributed by atoms with Crippen molar-refractivity contribution in [3.05, 3.63) is 54.0 Å². The first kappa shape index (κ1) is 21.5. The largest absolute Gasteiger partial charge is 0.463 e. The van der Waals surface area contributed by atoms with E-state index in [1.165, 1.54) is 16.4 Å². The van der Waals surface area contributed by atoms with Crippen LogP contribution < -0.4 is 10.2 Å². The molecule has 2 heterocycles. The maximum absolute atomic E-state index is 12.8. The summed E-state index contributed by atoms with van der Waals surface area (Å²) in [5, 5.41) is 2.92. The summed E-state index contributed by atoms with van der Waals surface area (Å²) in [6.07, 6.45) is 3.38. The maximum Gasteiger partial charge on any atom is 0.251 e. The predicted molar refractivity (Wildman–Crippen MR) is 110 cm³/mol. The molecule has 0 bridgehead atoms. The van der Waals surface area contributed by atoms with Crippen molar-refractivity contribution < 1.29 is 22.5 Å². The highest BCUT2D eigenvalue weighted by Crippen LogP contribution is 2.23. The van der Waals surface area contributed by atoms with E-state index < -0.39 is 10.0 Å². The first-order valence-corrected chi connectivity index (χ1v) is 11.4. The molecule has 0 spiro atoms. The standard InChI is InChI=1S/C21H29N3O4S/c1-16-10-12-24(13-11-16)29(26,27)18-8-6-17(7-9-18)21(25)22-15-19(23(2)3)20-5-4-14-28-20/h4-9,14,16,19H,10-13,15H2,1-3H3,(H,22,25)/p+1/t19-/m0/s1. The van der Waals surface area contributed by atoms with Gasteiger partial charge in [0, 0.05) is 18.7 Å². The number of piperidine rings is 1. The Hall–Kier alpha value is -2.16. The number of hydrogen-bond donors (Lipinski definition) is 2. The van der Waals surface area contributed by atoms with Gasteiger partial charge in [-0.2, -0.15) is 4.31 Å². The summed E-state index contributed by atoms with van der Waals surface area (Å²) in [5.41, 5.74) is 0.433. The summed E-state index contributed by atoms with van der Waals surface area (Å²) in [6.45, 7) is 3.66. The first-order valence-electron chi connectivity index (χ1n) is 10.0. The van der Waals surface area contributed by atoms with E-state index in [2.05, 4.69) is 12.2 Å². The number of sulfonamides is 1. The Morgan fingerprint density at radius 2 is 1.86 bits per heavy atom. The molecule has 29 heavy (non-hydrogen) atoms. The summed E-state index contributed by atoms with van der Waals surface area (Å²) in [5.74, 6) is 1.13. The van der Waals surface area contributed by atoms with E-state index in [9.17, 15) is 13.2 Å². The van der Waals surface area contributed by atoms with Crippen LogP contribution in [0.1, 0.15) is 41.9 Å². The summed E-state index contributed by atoms with van der Waals surface area (Å²) in [6, 6.07) is 9.89. The first-order chi connectivity index (χ1) is 13.8. The molecule has 1 saturated heterocycles. The average molecular weight is 421 g/mol. The van der Waals surface area contributed by atoms with Crippen LogP contribution in [0.3, 0.4) is 0 Å². The number of amides is 1. The Morgan fingerprint density at radius 3 is 2.41 bits per heavy atom. The fourth-order valence-electron chi connectivity index (χ4n) is 3.53. The summed E-state index contributed by atoms with van der Waals surface area (Å²) in [4.78, 5) is 13.9. The zero-order chi connectivity index (χ0) is 21.0. The Morgan fingerprint density at radius 1 is 1.21 bits per heavy atom. The van der Waals surface area contributed by atoms with Crippen molar-refractivity contribution in [3.63, 3.8) is 0 Å². The number of likely N-dealkylation sites (N-methyl/N-ethyl adjacent to an activating group) is 1. The highest BCUT2D eigenvalue weighted by atomic mass is 32.2. The van der Waals surface area contributed by atoms with Crippen LogP contribution in [0.15, 0.2) is 52.0 Å². The molecular formula is C21H30N3O4S+. The Balaban J connectivity index is 1.64. The van der Waals surface area contributed by atoms with Crippen molar-refractivity contribution in [1.82, 2.24) is 9.62 Å². The van der Waals surface area contributed by atoms with E-state index in [1.54, 1.807) is 18.4 Å². The van der Waals surface area contributed by atoms with Crippen molar-refractivity contribution >= 4 is 15.9 Å². The number of nitrogens with one attached hydrogen (secondary N) is 2. The van der Waals surface area contributed by atoms with E-state index >= 15 is 0 Å². The number of furan rings is 1. The zero-order valence-corrected chi connectivity index (χ0v) is 18.0. The second-order valence-electron chi connectivity index (χ2n) is 7.97. The van der Waals surface area contributed by atoms with Gasteiger partial charge >= 0.3 is 0 Å². The number of quaternary nitrogens is 1. The molecule has 1 amide bonds. The van der Waals surface area contributed by atoms with Crippen LogP contribution in [0.4, 0.5) is 0 Å². The summed E-state index contributed by atoms with van der Waals surface area (Å²) < 4.78 is 32.6. The predicted octanol–water partition coefficient (Wildman–Crippen LogP) is 1.32. The number of carbonyl (C=O) groups is 1. The second-order valence-corrected chi connectivity index (χ2v) is 9.90. The number of hydrogen-bond acceptors (Lipinski definition) is 4. The minimum Gasteiger partial charge on any atom is -0.463 e. The third-order valence-corrected chi connectivity index (χ3v) is 7.46. The Bertz CT molecular complexity index is 900. The topological polar surface area (TPSA) is 84.1 Å². The number of nitrogens with zero attached hydrogens (tertiary/aromatic N) is 1. The fraction of sp³-hybridized carbons (Fsp3) is 0.476. The van der Waals surface area contributed by atoms with Crippen molar-refractivity contribution in [1.29, 1.82) is 0 Å². The monoisotopic (exact) mass is 420 g/mol. The molecule has 2 N–H and O–H groups in total. The second kappa shape index (κ2) is 9.11. The highest BCUT2D eigenvalue weighted by Gasteiger charge is 2.28. The third-order valence-electron chi connectivity index (χ3n) is 5.55. The van der Waals surface area contributed by atoms with Crippen LogP contribution in [-0.2, 0) is 10.0 Å². The van der Waals surface area contributed by atoms with E-state index in [4.69, 9.17) is 4.42 Å². The minimum absolute atomic E-state index is 0.00454. The lowest BCUT2D eigenvalue weighted by Crippen LogP contribution is -3.07. The van der Waals surface area contributed by atoms with Crippen LogP contribution >= 0.6 is 0 Å². The lowest BCUT2D eigenvalue weighted by Gasteiger charge is -2.29. The molecular weight excluding hydrogens is 390 g/mol. The third kappa shape index (κ3) is 5.07. The lowest BCUT2D eigenvalue weighted by atomic mass is 10.0. The van der Waals surface area contributed by atoms with E-state index in [-0.39, 0.29) is 16.8 Å². The van der Waals surface area contributed by atoms with Gasteiger partial charge in [-0.25, -0.2) is 8.42 Å². The molecule has 1 aliphatic heterocycles. The van der Waals surface area contributed by atoms with Gasteiger partial charge in [0.15, 0.2) is 11.8 Å². The van der Waals surface area contributed by atoms with Gasteiger partial charge in [0.25, 0.3) is 5.91 Å². The molecule has 1 aromatic heterocycles. The molecule has 158 valence electrons. The quantitative estimate of drug-likeness (QED) is 0.708. The number of benzene rings is 1. The maximum atomic E-state index is 12.8. The molecule has 0 saturated carbocycles. The van der Waals surface area contributed by atoms with Gasteiger partial charge in [0.2, 0.25) is 10.0 Å². The normalized spacial score (nSPS) is 17.4. The van der Waals surface area contributed by atoms with Gasteiger partial charge in [0.1, 0.15) is 0 Å². The van der Waals surface area contributed by atoms with Crippen LogP contribution in [0, 0.1) is 5.92 Å².